The molecule has 17 heavy (non-hydrogen) atoms. The Morgan fingerprint density at radius 2 is 2.24 bits per heavy atom. The van der Waals surface area contributed by atoms with Gasteiger partial charge in [0.1, 0.15) is 5.75 Å². The molecule has 0 radical (unpaired) electrons. The summed E-state index contributed by atoms with van der Waals surface area (Å²) in [6, 6.07) is 8.02. The molecule has 92 valence electrons. The van der Waals surface area contributed by atoms with Gasteiger partial charge in [0, 0.05) is 6.04 Å². The molecule has 0 fully saturated rings. The highest BCUT2D eigenvalue weighted by Crippen LogP contribution is 2.22. The van der Waals surface area contributed by atoms with Crippen molar-refractivity contribution in [2.75, 3.05) is 13.7 Å². The fourth-order valence-electron chi connectivity index (χ4n) is 2.10. The zero-order chi connectivity index (χ0) is 12.1. The van der Waals surface area contributed by atoms with E-state index in [1.165, 1.54) is 5.57 Å². The van der Waals surface area contributed by atoms with Gasteiger partial charge >= 0.3 is 0 Å². The number of ether oxygens (including phenoxy) is 2. The lowest BCUT2D eigenvalue weighted by Crippen LogP contribution is -2.27. The maximum absolute atomic E-state index is 6.20. The molecule has 1 atom stereocenters. The summed E-state index contributed by atoms with van der Waals surface area (Å²) in [5.74, 6) is 0.903. The van der Waals surface area contributed by atoms with Crippen LogP contribution in [0.15, 0.2) is 36.1 Å². The summed E-state index contributed by atoms with van der Waals surface area (Å²) in [5.41, 5.74) is 8.54. The predicted octanol–water partition coefficient (Wildman–Crippen LogP) is 2.26. The van der Waals surface area contributed by atoms with Crippen LogP contribution in [0.5, 0.6) is 5.75 Å². The molecule has 1 aromatic rings. The van der Waals surface area contributed by atoms with E-state index in [-0.39, 0.29) is 6.04 Å². The van der Waals surface area contributed by atoms with Crippen molar-refractivity contribution < 1.29 is 9.47 Å². The van der Waals surface area contributed by atoms with E-state index in [0.717, 1.165) is 37.2 Å². The van der Waals surface area contributed by atoms with Gasteiger partial charge in [-0.05, 0) is 36.5 Å². The SMILES string of the molecule is COc1ccccc1CC(N)C1=COCCC1. The van der Waals surface area contributed by atoms with Crippen LogP contribution < -0.4 is 10.5 Å². The lowest BCUT2D eigenvalue weighted by molar-refractivity contribution is 0.221. The minimum absolute atomic E-state index is 0.0200. The monoisotopic (exact) mass is 233 g/mol. The van der Waals surface area contributed by atoms with Gasteiger partial charge in [-0.3, -0.25) is 0 Å². The van der Waals surface area contributed by atoms with Crippen molar-refractivity contribution in [3.05, 3.63) is 41.7 Å². The molecule has 0 amide bonds. The molecule has 2 N–H and O–H groups in total. The van der Waals surface area contributed by atoms with E-state index in [0.29, 0.717) is 0 Å². The summed E-state index contributed by atoms with van der Waals surface area (Å²) in [6.07, 6.45) is 4.71. The van der Waals surface area contributed by atoms with E-state index < -0.39 is 0 Å². The lowest BCUT2D eigenvalue weighted by atomic mass is 9.96. The van der Waals surface area contributed by atoms with Crippen molar-refractivity contribution in [2.45, 2.75) is 25.3 Å². The summed E-state index contributed by atoms with van der Waals surface area (Å²) in [7, 11) is 1.69. The van der Waals surface area contributed by atoms with Gasteiger partial charge in [0.05, 0.1) is 20.0 Å². The van der Waals surface area contributed by atoms with Crippen LogP contribution in [0.1, 0.15) is 18.4 Å². The Labute approximate surface area is 102 Å². The Morgan fingerprint density at radius 3 is 2.94 bits per heavy atom. The van der Waals surface area contributed by atoms with E-state index in [1.807, 2.05) is 24.5 Å². The number of methoxy groups -OCH3 is 1. The molecule has 0 bridgehead atoms. The van der Waals surface area contributed by atoms with Crippen molar-refractivity contribution >= 4 is 0 Å². The third-order valence-electron chi connectivity index (χ3n) is 3.07. The second kappa shape index (κ2) is 5.73. The van der Waals surface area contributed by atoms with Crippen LogP contribution in [0, 0.1) is 0 Å². The zero-order valence-electron chi connectivity index (χ0n) is 10.2. The molecule has 0 saturated carbocycles. The Balaban J connectivity index is 2.06. The van der Waals surface area contributed by atoms with Crippen LogP contribution in [0.3, 0.4) is 0 Å². The van der Waals surface area contributed by atoms with Crippen LogP contribution in [-0.2, 0) is 11.2 Å². The molecule has 0 aromatic heterocycles. The van der Waals surface area contributed by atoms with Crippen molar-refractivity contribution in [3.8, 4) is 5.75 Å². The third kappa shape index (κ3) is 3.01. The van der Waals surface area contributed by atoms with Gasteiger partial charge < -0.3 is 15.2 Å². The number of nitrogens with two attached hydrogens (primary N) is 1. The summed E-state index contributed by atoms with van der Waals surface area (Å²) in [6.45, 7) is 0.810. The Kier molecular flexibility index (Phi) is 4.04. The van der Waals surface area contributed by atoms with Gasteiger partial charge in [0.2, 0.25) is 0 Å². The zero-order valence-corrected chi connectivity index (χ0v) is 10.2. The van der Waals surface area contributed by atoms with Crippen molar-refractivity contribution in [3.63, 3.8) is 0 Å². The highest BCUT2D eigenvalue weighted by Gasteiger charge is 2.15. The molecular weight excluding hydrogens is 214 g/mol. The number of hydrogen-bond donors (Lipinski definition) is 1. The van der Waals surface area contributed by atoms with Gasteiger partial charge in [-0.1, -0.05) is 18.2 Å². The van der Waals surface area contributed by atoms with E-state index >= 15 is 0 Å². The van der Waals surface area contributed by atoms with Gasteiger partial charge in [0.25, 0.3) is 0 Å². The fraction of sp³-hybridized carbons (Fsp3) is 0.429. The Morgan fingerprint density at radius 1 is 1.41 bits per heavy atom. The van der Waals surface area contributed by atoms with Gasteiger partial charge in [-0.25, -0.2) is 0 Å². The number of rotatable bonds is 4. The number of hydrogen-bond acceptors (Lipinski definition) is 3. The first-order chi connectivity index (χ1) is 8.31. The molecule has 1 heterocycles. The lowest BCUT2D eigenvalue weighted by Gasteiger charge is -2.20. The molecule has 1 aromatic carbocycles. The average molecular weight is 233 g/mol. The molecule has 3 nitrogen and oxygen atoms in total. The van der Waals surface area contributed by atoms with Crippen LogP contribution in [0.4, 0.5) is 0 Å². The maximum atomic E-state index is 6.20. The largest absolute Gasteiger partial charge is 0.501 e. The van der Waals surface area contributed by atoms with Gasteiger partial charge in [-0.2, -0.15) is 0 Å². The van der Waals surface area contributed by atoms with E-state index in [4.69, 9.17) is 15.2 Å². The first kappa shape index (κ1) is 12.0. The van der Waals surface area contributed by atoms with Gasteiger partial charge in [0.15, 0.2) is 0 Å². The molecular formula is C14H19NO2. The normalized spacial score (nSPS) is 16.9. The quantitative estimate of drug-likeness (QED) is 0.867. The summed E-state index contributed by atoms with van der Waals surface area (Å²) in [4.78, 5) is 0. The van der Waals surface area contributed by atoms with E-state index in [2.05, 4.69) is 6.07 Å². The second-order valence-corrected chi connectivity index (χ2v) is 4.29. The summed E-state index contributed by atoms with van der Waals surface area (Å²) < 4.78 is 10.7. The minimum atomic E-state index is 0.0200. The molecule has 0 spiro atoms. The molecule has 1 aliphatic rings. The standard InChI is InChI=1S/C14H19NO2/c1-16-14-7-3-2-5-11(14)9-13(15)12-6-4-8-17-10-12/h2-3,5,7,10,13H,4,6,8-9,15H2,1H3. The van der Waals surface area contributed by atoms with Crippen LogP contribution >= 0.6 is 0 Å². The first-order valence-electron chi connectivity index (χ1n) is 5.99. The predicted molar refractivity (Wildman–Crippen MR) is 67.9 cm³/mol. The number of benzene rings is 1. The molecule has 0 aliphatic carbocycles. The van der Waals surface area contributed by atoms with Crippen molar-refractivity contribution in [1.29, 1.82) is 0 Å². The highest BCUT2D eigenvalue weighted by atomic mass is 16.5. The third-order valence-corrected chi connectivity index (χ3v) is 3.07. The molecule has 1 unspecified atom stereocenters. The highest BCUT2D eigenvalue weighted by molar-refractivity contribution is 5.35. The van der Waals surface area contributed by atoms with Crippen molar-refractivity contribution in [2.24, 2.45) is 5.73 Å². The summed E-state index contributed by atoms with van der Waals surface area (Å²) in [5, 5.41) is 0. The smallest absolute Gasteiger partial charge is 0.122 e. The van der Waals surface area contributed by atoms with Crippen LogP contribution in [0.25, 0.3) is 0 Å². The minimum Gasteiger partial charge on any atom is -0.501 e. The molecule has 0 saturated heterocycles. The molecule has 1 aliphatic heterocycles. The molecule has 2 rings (SSSR count). The van der Waals surface area contributed by atoms with Crippen molar-refractivity contribution in [1.82, 2.24) is 0 Å². The fourth-order valence-corrected chi connectivity index (χ4v) is 2.10. The van der Waals surface area contributed by atoms with E-state index in [9.17, 15) is 0 Å². The van der Waals surface area contributed by atoms with Gasteiger partial charge in [-0.15, -0.1) is 0 Å². The van der Waals surface area contributed by atoms with E-state index in [1.54, 1.807) is 7.11 Å². The number of para-hydroxylation sites is 1. The second-order valence-electron chi connectivity index (χ2n) is 4.29. The van der Waals surface area contributed by atoms with Crippen LogP contribution in [-0.4, -0.2) is 19.8 Å². The maximum Gasteiger partial charge on any atom is 0.122 e. The topological polar surface area (TPSA) is 44.5 Å². The Bertz CT molecular complexity index is 401. The average Bonchev–Trinajstić information content (AvgIpc) is 2.40. The summed E-state index contributed by atoms with van der Waals surface area (Å²) >= 11 is 0. The van der Waals surface area contributed by atoms with Crippen LogP contribution in [0.2, 0.25) is 0 Å². The Hall–Kier alpha value is -1.48. The molecule has 3 heteroatoms. The first-order valence-corrected chi connectivity index (χ1v) is 5.99.